The van der Waals surface area contributed by atoms with Crippen LogP contribution in [-0.4, -0.2) is 38.3 Å². The van der Waals surface area contributed by atoms with Crippen LogP contribution in [0.25, 0.3) is 0 Å². The first kappa shape index (κ1) is 16.8. The summed E-state index contributed by atoms with van der Waals surface area (Å²) in [6, 6.07) is 11.1. The van der Waals surface area contributed by atoms with Gasteiger partial charge >= 0.3 is 5.97 Å². The molecule has 1 N–H and O–H groups in total. The van der Waals surface area contributed by atoms with Crippen LogP contribution >= 0.6 is 0 Å². The number of hydrogen-bond donors (Lipinski definition) is 1. The maximum Gasteiger partial charge on any atom is 0.363 e. The van der Waals surface area contributed by atoms with Gasteiger partial charge < -0.3 is 4.84 Å². The van der Waals surface area contributed by atoms with E-state index in [9.17, 15) is 22.8 Å². The molecule has 128 valence electrons. The van der Waals surface area contributed by atoms with Crippen molar-refractivity contribution in [1.29, 1.82) is 0 Å². The van der Waals surface area contributed by atoms with E-state index in [1.54, 1.807) is 12.1 Å². The van der Waals surface area contributed by atoms with Crippen molar-refractivity contribution in [3.8, 4) is 0 Å². The van der Waals surface area contributed by atoms with Crippen molar-refractivity contribution in [2.75, 3.05) is 7.05 Å². The summed E-state index contributed by atoms with van der Waals surface area (Å²) in [5, 5.41) is 0.367. The quantitative estimate of drug-likeness (QED) is 0.814. The van der Waals surface area contributed by atoms with E-state index in [4.69, 9.17) is 4.84 Å². The van der Waals surface area contributed by atoms with E-state index in [2.05, 4.69) is 4.72 Å². The second kappa shape index (κ2) is 6.11. The van der Waals surface area contributed by atoms with E-state index < -0.39 is 27.8 Å². The van der Waals surface area contributed by atoms with Gasteiger partial charge in [-0.05, 0) is 37.4 Å². The SMILES string of the molecule is CNS(=O)(=O)c1cccc(C(=O)ON2C(=O)c3ccccc3C2=O)c1. The van der Waals surface area contributed by atoms with E-state index in [1.165, 1.54) is 37.4 Å². The van der Waals surface area contributed by atoms with E-state index in [0.717, 1.165) is 6.07 Å². The topological polar surface area (TPSA) is 110 Å². The summed E-state index contributed by atoms with van der Waals surface area (Å²) in [4.78, 5) is 41.3. The molecule has 0 saturated carbocycles. The molecule has 0 aromatic heterocycles. The molecule has 1 aliphatic rings. The zero-order chi connectivity index (χ0) is 18.2. The molecule has 0 fully saturated rings. The number of sulfonamides is 1. The van der Waals surface area contributed by atoms with Gasteiger partial charge in [-0.25, -0.2) is 17.9 Å². The van der Waals surface area contributed by atoms with Crippen molar-refractivity contribution >= 4 is 27.8 Å². The Labute approximate surface area is 143 Å². The molecular weight excluding hydrogens is 348 g/mol. The Bertz CT molecular complexity index is 964. The Kier molecular flexibility index (Phi) is 4.11. The fourth-order valence-electron chi connectivity index (χ4n) is 2.29. The molecule has 0 unspecified atom stereocenters. The number of hydrogen-bond acceptors (Lipinski definition) is 6. The van der Waals surface area contributed by atoms with Crippen LogP contribution in [-0.2, 0) is 14.9 Å². The Morgan fingerprint density at radius 3 is 2.16 bits per heavy atom. The number of imide groups is 1. The zero-order valence-electron chi connectivity index (χ0n) is 12.9. The lowest BCUT2D eigenvalue weighted by molar-refractivity contribution is -0.0584. The van der Waals surface area contributed by atoms with Crippen LogP contribution in [0.15, 0.2) is 53.4 Å². The summed E-state index contributed by atoms with van der Waals surface area (Å²) in [5.74, 6) is -2.54. The van der Waals surface area contributed by atoms with Gasteiger partial charge in [0.2, 0.25) is 10.0 Å². The predicted molar refractivity (Wildman–Crippen MR) is 85.0 cm³/mol. The first-order valence-corrected chi connectivity index (χ1v) is 8.57. The molecular formula is C16H12N2O6S. The van der Waals surface area contributed by atoms with Crippen molar-refractivity contribution in [1.82, 2.24) is 9.79 Å². The summed E-state index contributed by atoms with van der Waals surface area (Å²) >= 11 is 0. The number of nitrogens with one attached hydrogen (secondary N) is 1. The van der Waals surface area contributed by atoms with Crippen LogP contribution < -0.4 is 4.72 Å². The van der Waals surface area contributed by atoms with Gasteiger partial charge in [0.05, 0.1) is 21.6 Å². The molecule has 0 bridgehead atoms. The molecule has 1 heterocycles. The number of carbonyl (C=O) groups excluding carboxylic acids is 3. The largest absolute Gasteiger partial charge is 0.363 e. The fraction of sp³-hybridized carbons (Fsp3) is 0.0625. The third kappa shape index (κ3) is 2.90. The molecule has 1 aliphatic heterocycles. The minimum atomic E-state index is -3.75. The summed E-state index contributed by atoms with van der Waals surface area (Å²) in [6.07, 6.45) is 0. The van der Waals surface area contributed by atoms with E-state index in [-0.39, 0.29) is 21.6 Å². The lowest BCUT2D eigenvalue weighted by Crippen LogP contribution is -2.32. The highest BCUT2D eigenvalue weighted by molar-refractivity contribution is 7.89. The molecule has 2 aromatic rings. The molecule has 0 spiro atoms. The van der Waals surface area contributed by atoms with Crippen molar-refractivity contribution in [2.45, 2.75) is 4.90 Å². The van der Waals surface area contributed by atoms with Crippen LogP contribution in [0.5, 0.6) is 0 Å². The maximum absolute atomic E-state index is 12.2. The molecule has 8 nitrogen and oxygen atoms in total. The lowest BCUT2D eigenvalue weighted by Gasteiger charge is -2.13. The van der Waals surface area contributed by atoms with Gasteiger partial charge in [-0.1, -0.05) is 23.3 Å². The summed E-state index contributed by atoms with van der Waals surface area (Å²) < 4.78 is 25.7. The van der Waals surface area contributed by atoms with Gasteiger partial charge in [-0.15, -0.1) is 0 Å². The van der Waals surface area contributed by atoms with Gasteiger partial charge in [0.1, 0.15) is 0 Å². The number of benzene rings is 2. The fourth-order valence-corrected chi connectivity index (χ4v) is 3.07. The van der Waals surface area contributed by atoms with Gasteiger partial charge in [0.15, 0.2) is 0 Å². The lowest BCUT2D eigenvalue weighted by atomic mass is 10.1. The van der Waals surface area contributed by atoms with Crippen molar-refractivity contribution in [2.24, 2.45) is 0 Å². The van der Waals surface area contributed by atoms with Crippen LogP contribution in [0.2, 0.25) is 0 Å². The highest BCUT2D eigenvalue weighted by Gasteiger charge is 2.38. The molecule has 0 saturated heterocycles. The third-order valence-electron chi connectivity index (χ3n) is 3.58. The number of nitrogens with zero attached hydrogens (tertiary/aromatic N) is 1. The highest BCUT2D eigenvalue weighted by Crippen LogP contribution is 2.23. The summed E-state index contributed by atoms with van der Waals surface area (Å²) in [6.45, 7) is 0. The maximum atomic E-state index is 12.2. The van der Waals surface area contributed by atoms with Gasteiger partial charge in [0, 0.05) is 0 Å². The standard InChI is InChI=1S/C16H12N2O6S/c1-17-25(22,23)11-6-4-5-10(9-11)16(21)24-18-14(19)12-7-2-3-8-13(12)15(18)20/h2-9,17H,1H3. The second-order valence-corrected chi connectivity index (χ2v) is 6.95. The monoisotopic (exact) mass is 360 g/mol. The van der Waals surface area contributed by atoms with E-state index in [0.29, 0.717) is 5.06 Å². The van der Waals surface area contributed by atoms with Crippen LogP contribution in [0, 0.1) is 0 Å². The number of carbonyl (C=O) groups is 3. The Balaban J connectivity index is 1.86. The summed E-state index contributed by atoms with van der Waals surface area (Å²) in [7, 11) is -2.52. The van der Waals surface area contributed by atoms with Gasteiger partial charge in [0.25, 0.3) is 11.8 Å². The van der Waals surface area contributed by atoms with Gasteiger partial charge in [-0.3, -0.25) is 9.59 Å². The molecule has 2 aromatic carbocycles. The minimum absolute atomic E-state index is 0.118. The smallest absolute Gasteiger partial charge is 0.324 e. The Hall–Kier alpha value is -3.04. The average Bonchev–Trinajstić information content (AvgIpc) is 2.87. The molecule has 2 amide bonds. The van der Waals surface area contributed by atoms with E-state index in [1.807, 2.05) is 0 Å². The molecule has 0 aliphatic carbocycles. The molecule has 0 atom stereocenters. The first-order chi connectivity index (χ1) is 11.8. The number of amides is 2. The van der Waals surface area contributed by atoms with Crippen LogP contribution in [0.4, 0.5) is 0 Å². The van der Waals surface area contributed by atoms with Crippen LogP contribution in [0.3, 0.4) is 0 Å². The number of hydroxylamine groups is 2. The van der Waals surface area contributed by atoms with Crippen LogP contribution in [0.1, 0.15) is 31.1 Å². The van der Waals surface area contributed by atoms with Gasteiger partial charge in [-0.2, -0.15) is 0 Å². The molecule has 9 heteroatoms. The number of rotatable bonds is 4. The minimum Gasteiger partial charge on any atom is -0.324 e. The van der Waals surface area contributed by atoms with E-state index >= 15 is 0 Å². The highest BCUT2D eigenvalue weighted by atomic mass is 32.2. The normalized spacial score (nSPS) is 13.7. The molecule has 0 radical (unpaired) electrons. The molecule has 3 rings (SSSR count). The second-order valence-electron chi connectivity index (χ2n) is 5.06. The van der Waals surface area contributed by atoms with Crippen molar-refractivity contribution in [3.05, 3.63) is 65.2 Å². The first-order valence-electron chi connectivity index (χ1n) is 7.09. The third-order valence-corrected chi connectivity index (χ3v) is 4.99. The number of fused-ring (bicyclic) bond motifs is 1. The van der Waals surface area contributed by atoms with Crippen molar-refractivity contribution < 1.29 is 27.6 Å². The molecule has 25 heavy (non-hydrogen) atoms. The predicted octanol–water partition coefficient (Wildman–Crippen LogP) is 0.963. The zero-order valence-corrected chi connectivity index (χ0v) is 13.7. The van der Waals surface area contributed by atoms with Crippen molar-refractivity contribution in [3.63, 3.8) is 0 Å². The average molecular weight is 360 g/mol. The Morgan fingerprint density at radius 1 is 1.00 bits per heavy atom. The Morgan fingerprint density at radius 2 is 1.60 bits per heavy atom. The summed E-state index contributed by atoms with van der Waals surface area (Å²) in [5.41, 5.74) is 0.145.